The molecule has 0 aliphatic heterocycles. The van der Waals surface area contributed by atoms with E-state index in [1.54, 1.807) is 18.3 Å². The summed E-state index contributed by atoms with van der Waals surface area (Å²) in [5.41, 5.74) is 3.36. The van der Waals surface area contributed by atoms with Gasteiger partial charge in [-0.25, -0.2) is 14.8 Å². The molecule has 0 aliphatic carbocycles. The van der Waals surface area contributed by atoms with Gasteiger partial charge in [-0.05, 0) is 30.7 Å². The van der Waals surface area contributed by atoms with Crippen LogP contribution in [0.15, 0.2) is 42.6 Å². The second-order valence-electron chi connectivity index (χ2n) is 5.78. The zero-order valence-corrected chi connectivity index (χ0v) is 15.0. The number of amides is 2. The van der Waals surface area contributed by atoms with Crippen molar-refractivity contribution in [2.45, 2.75) is 20.5 Å². The molecule has 1 aromatic carbocycles. The van der Waals surface area contributed by atoms with E-state index in [1.807, 2.05) is 31.2 Å². The summed E-state index contributed by atoms with van der Waals surface area (Å²) in [6.45, 7) is 3.92. The number of hydrogen-bond acceptors (Lipinski definition) is 6. The highest BCUT2D eigenvalue weighted by molar-refractivity contribution is 5.88. The Morgan fingerprint density at radius 2 is 2.00 bits per heavy atom. The second kappa shape index (κ2) is 8.22. The lowest BCUT2D eigenvalue weighted by Crippen LogP contribution is -2.23. The van der Waals surface area contributed by atoms with Crippen LogP contribution in [0.3, 0.4) is 0 Å². The molecule has 3 rings (SSSR count). The molecule has 2 N–H and O–H groups in total. The van der Waals surface area contributed by atoms with E-state index in [0.717, 1.165) is 11.1 Å². The number of benzene rings is 1. The molecule has 0 radical (unpaired) electrons. The van der Waals surface area contributed by atoms with Crippen LogP contribution in [-0.4, -0.2) is 33.5 Å². The zero-order chi connectivity index (χ0) is 19.2. The molecule has 2 amide bonds. The maximum Gasteiger partial charge on any atom is 0.407 e. The Morgan fingerprint density at radius 1 is 1.15 bits per heavy atom. The van der Waals surface area contributed by atoms with Gasteiger partial charge in [0, 0.05) is 19.0 Å². The van der Waals surface area contributed by atoms with Crippen LogP contribution in [-0.2, 0) is 16.1 Å². The minimum absolute atomic E-state index is 0.158. The maximum absolute atomic E-state index is 11.4. The minimum atomic E-state index is -0.455. The number of anilines is 1. The quantitative estimate of drug-likeness (QED) is 0.720. The summed E-state index contributed by atoms with van der Waals surface area (Å²) >= 11 is 0. The standard InChI is InChI=1S/C19H19N5O3/c1-3-20-19(26)27-11-13-5-4-6-14(9-13)16-10-21-15-7-8-17(22-12(2)25)24-18(15)23-16/h4-10H,3,11H2,1-2H3,(H,20,26)(H,22,23,24,25). The first kappa shape index (κ1) is 18.2. The highest BCUT2D eigenvalue weighted by Crippen LogP contribution is 2.21. The molecule has 138 valence electrons. The van der Waals surface area contributed by atoms with E-state index in [-0.39, 0.29) is 12.5 Å². The highest BCUT2D eigenvalue weighted by Gasteiger charge is 2.07. The molecule has 3 aromatic rings. The second-order valence-corrected chi connectivity index (χ2v) is 5.78. The Balaban J connectivity index is 1.84. The molecule has 8 heteroatoms. The van der Waals surface area contributed by atoms with Crippen molar-refractivity contribution in [3.63, 3.8) is 0 Å². The van der Waals surface area contributed by atoms with Crippen molar-refractivity contribution >= 4 is 29.0 Å². The van der Waals surface area contributed by atoms with Gasteiger partial charge in [0.25, 0.3) is 0 Å². The van der Waals surface area contributed by atoms with Gasteiger partial charge in [0.1, 0.15) is 17.9 Å². The molecular formula is C19H19N5O3. The van der Waals surface area contributed by atoms with Gasteiger partial charge in [-0.3, -0.25) is 9.78 Å². The van der Waals surface area contributed by atoms with Crippen molar-refractivity contribution in [1.82, 2.24) is 20.3 Å². The lowest BCUT2D eigenvalue weighted by atomic mass is 10.1. The van der Waals surface area contributed by atoms with E-state index < -0.39 is 6.09 Å². The van der Waals surface area contributed by atoms with Crippen LogP contribution in [0.1, 0.15) is 19.4 Å². The van der Waals surface area contributed by atoms with Crippen LogP contribution >= 0.6 is 0 Å². The van der Waals surface area contributed by atoms with Crippen molar-refractivity contribution in [3.8, 4) is 11.3 Å². The number of carbonyl (C=O) groups excluding carboxylic acids is 2. The van der Waals surface area contributed by atoms with Crippen LogP contribution in [0.5, 0.6) is 0 Å². The summed E-state index contributed by atoms with van der Waals surface area (Å²) in [4.78, 5) is 35.9. The van der Waals surface area contributed by atoms with Crippen LogP contribution in [0.4, 0.5) is 10.6 Å². The van der Waals surface area contributed by atoms with Gasteiger partial charge >= 0.3 is 6.09 Å². The summed E-state index contributed by atoms with van der Waals surface area (Å²) < 4.78 is 5.14. The predicted molar refractivity (Wildman–Crippen MR) is 101 cm³/mol. The molecule has 0 spiro atoms. The Labute approximate surface area is 156 Å². The molecule has 0 saturated heterocycles. The van der Waals surface area contributed by atoms with Gasteiger partial charge in [-0.1, -0.05) is 18.2 Å². The average Bonchev–Trinajstić information content (AvgIpc) is 2.66. The van der Waals surface area contributed by atoms with E-state index in [9.17, 15) is 9.59 Å². The zero-order valence-electron chi connectivity index (χ0n) is 15.0. The molecular weight excluding hydrogens is 346 g/mol. The first-order valence-corrected chi connectivity index (χ1v) is 8.46. The fraction of sp³-hybridized carbons (Fsp3) is 0.211. The monoisotopic (exact) mass is 365 g/mol. The van der Waals surface area contributed by atoms with Crippen LogP contribution < -0.4 is 10.6 Å². The normalized spacial score (nSPS) is 10.4. The van der Waals surface area contributed by atoms with Crippen LogP contribution in [0.2, 0.25) is 0 Å². The number of ether oxygens (including phenoxy) is 1. The third-order valence-electron chi connectivity index (χ3n) is 3.62. The minimum Gasteiger partial charge on any atom is -0.445 e. The van der Waals surface area contributed by atoms with E-state index in [1.165, 1.54) is 6.92 Å². The number of carbonyl (C=O) groups is 2. The number of rotatable bonds is 5. The number of alkyl carbamates (subject to hydrolysis) is 1. The first-order valence-electron chi connectivity index (χ1n) is 8.46. The molecule has 0 fully saturated rings. The number of nitrogens with zero attached hydrogens (tertiary/aromatic N) is 3. The smallest absolute Gasteiger partial charge is 0.407 e. The number of fused-ring (bicyclic) bond motifs is 1. The van der Waals surface area contributed by atoms with Crippen molar-refractivity contribution in [3.05, 3.63) is 48.2 Å². The molecule has 0 saturated carbocycles. The largest absolute Gasteiger partial charge is 0.445 e. The van der Waals surface area contributed by atoms with Gasteiger partial charge in [0.05, 0.1) is 11.9 Å². The number of hydrogen-bond donors (Lipinski definition) is 2. The summed E-state index contributed by atoms with van der Waals surface area (Å²) in [5.74, 6) is 0.219. The third-order valence-corrected chi connectivity index (χ3v) is 3.62. The van der Waals surface area contributed by atoms with Gasteiger partial charge in [0.2, 0.25) is 5.91 Å². The molecule has 0 bridgehead atoms. The maximum atomic E-state index is 11.4. The molecule has 8 nitrogen and oxygen atoms in total. The van der Waals surface area contributed by atoms with Crippen molar-refractivity contribution in [1.29, 1.82) is 0 Å². The van der Waals surface area contributed by atoms with Gasteiger partial charge in [0.15, 0.2) is 5.65 Å². The Hall–Kier alpha value is -3.55. The van der Waals surface area contributed by atoms with Crippen molar-refractivity contribution in [2.75, 3.05) is 11.9 Å². The SMILES string of the molecule is CCNC(=O)OCc1cccc(-c2cnc3ccc(NC(C)=O)nc3n2)c1. The molecule has 2 heterocycles. The lowest BCUT2D eigenvalue weighted by Gasteiger charge is -2.08. The Bertz CT molecular complexity index is 990. The molecule has 0 aliphatic rings. The van der Waals surface area contributed by atoms with Gasteiger partial charge in [-0.15, -0.1) is 0 Å². The number of nitrogens with one attached hydrogen (secondary N) is 2. The number of aromatic nitrogens is 3. The molecule has 0 atom stereocenters. The topological polar surface area (TPSA) is 106 Å². The lowest BCUT2D eigenvalue weighted by molar-refractivity contribution is -0.114. The van der Waals surface area contributed by atoms with Crippen molar-refractivity contribution < 1.29 is 14.3 Å². The van der Waals surface area contributed by atoms with Gasteiger partial charge < -0.3 is 15.4 Å². The molecule has 0 unspecified atom stereocenters. The summed E-state index contributed by atoms with van der Waals surface area (Å²) in [6, 6.07) is 10.9. The Morgan fingerprint density at radius 3 is 2.78 bits per heavy atom. The van der Waals surface area contributed by atoms with Gasteiger partial charge in [-0.2, -0.15) is 0 Å². The van der Waals surface area contributed by atoms with E-state index in [0.29, 0.717) is 29.2 Å². The van der Waals surface area contributed by atoms with Crippen molar-refractivity contribution in [2.24, 2.45) is 0 Å². The summed E-state index contributed by atoms with van der Waals surface area (Å²) in [6.07, 6.45) is 1.20. The summed E-state index contributed by atoms with van der Waals surface area (Å²) in [5, 5.41) is 5.21. The fourth-order valence-corrected chi connectivity index (χ4v) is 2.45. The van der Waals surface area contributed by atoms with Crippen LogP contribution in [0, 0.1) is 0 Å². The van der Waals surface area contributed by atoms with E-state index in [4.69, 9.17) is 4.74 Å². The highest BCUT2D eigenvalue weighted by atomic mass is 16.5. The molecule has 27 heavy (non-hydrogen) atoms. The Kier molecular flexibility index (Phi) is 5.55. The third kappa shape index (κ3) is 4.75. The average molecular weight is 365 g/mol. The van der Waals surface area contributed by atoms with E-state index in [2.05, 4.69) is 25.6 Å². The molecule has 2 aromatic heterocycles. The summed E-state index contributed by atoms with van der Waals surface area (Å²) in [7, 11) is 0. The van der Waals surface area contributed by atoms with Crippen LogP contribution in [0.25, 0.3) is 22.4 Å². The van der Waals surface area contributed by atoms with E-state index >= 15 is 0 Å². The predicted octanol–water partition coefficient (Wildman–Crippen LogP) is 2.90. The number of pyridine rings is 1. The fourth-order valence-electron chi connectivity index (χ4n) is 2.45. The first-order chi connectivity index (χ1) is 13.0.